The average molecular weight is 289 g/mol. The van der Waals surface area contributed by atoms with Gasteiger partial charge in [0.2, 0.25) is 0 Å². The van der Waals surface area contributed by atoms with E-state index in [1.165, 1.54) is 7.11 Å². The van der Waals surface area contributed by atoms with Gasteiger partial charge >= 0.3 is 5.97 Å². The summed E-state index contributed by atoms with van der Waals surface area (Å²) in [6, 6.07) is 5.01. The molecule has 0 saturated heterocycles. The molecule has 0 radical (unpaired) electrons. The smallest absolute Gasteiger partial charge is 0.341 e. The highest BCUT2D eigenvalue weighted by molar-refractivity contribution is 6.05. The first-order valence-electron chi connectivity index (χ1n) is 6.21. The second kappa shape index (κ2) is 6.08. The lowest BCUT2D eigenvalue weighted by molar-refractivity contribution is -0.114. The predicted molar refractivity (Wildman–Crippen MR) is 76.7 cm³/mol. The molecule has 0 aliphatic carbocycles. The van der Waals surface area contributed by atoms with Crippen LogP contribution in [0.3, 0.4) is 0 Å². The van der Waals surface area contributed by atoms with Crippen molar-refractivity contribution in [3.63, 3.8) is 0 Å². The number of amides is 1. The summed E-state index contributed by atoms with van der Waals surface area (Å²) in [6.07, 6.45) is 1.95. The number of benzene rings is 1. The first-order chi connectivity index (χ1) is 10.0. The third kappa shape index (κ3) is 3.19. The molecule has 1 aliphatic heterocycles. The van der Waals surface area contributed by atoms with Crippen molar-refractivity contribution < 1.29 is 19.1 Å². The normalized spacial score (nSPS) is 13.1. The quantitative estimate of drug-likeness (QED) is 0.463. The summed E-state index contributed by atoms with van der Waals surface area (Å²) in [6.45, 7) is 0.235. The Bertz CT molecular complexity index is 646. The number of fused-ring (bicyclic) bond motifs is 1. The van der Waals surface area contributed by atoms with E-state index in [2.05, 4.69) is 4.99 Å². The van der Waals surface area contributed by atoms with Crippen molar-refractivity contribution in [3.05, 3.63) is 34.9 Å². The van der Waals surface area contributed by atoms with Crippen LogP contribution in [0.5, 0.6) is 5.75 Å². The van der Waals surface area contributed by atoms with Crippen LogP contribution in [0.4, 0.5) is 0 Å². The molecule has 0 spiro atoms. The number of hydrogen-bond acceptors (Lipinski definition) is 4. The fourth-order valence-corrected chi connectivity index (χ4v) is 1.98. The molecule has 1 aromatic rings. The van der Waals surface area contributed by atoms with Crippen molar-refractivity contribution in [2.45, 2.75) is 6.42 Å². The lowest BCUT2D eigenvalue weighted by atomic mass is 10.1. The van der Waals surface area contributed by atoms with E-state index in [1.807, 2.05) is 0 Å². The summed E-state index contributed by atoms with van der Waals surface area (Å²) < 4.78 is 10.3. The molecular weight excluding hydrogens is 274 g/mol. The van der Waals surface area contributed by atoms with Gasteiger partial charge < -0.3 is 20.9 Å². The van der Waals surface area contributed by atoms with Gasteiger partial charge in [-0.1, -0.05) is 12.1 Å². The number of ether oxygens (including phenoxy) is 2. The van der Waals surface area contributed by atoms with Crippen molar-refractivity contribution in [3.8, 4) is 5.75 Å². The SMILES string of the molecule is COC(=O)c1cccc2c1OCCC(C(=O)N=C(N)N)=C2. The van der Waals surface area contributed by atoms with Crippen LogP contribution in [0, 0.1) is 0 Å². The number of para-hydroxylation sites is 1. The van der Waals surface area contributed by atoms with Gasteiger partial charge in [-0.25, -0.2) is 4.79 Å². The molecule has 2 rings (SSSR count). The Morgan fingerprint density at radius 3 is 2.76 bits per heavy atom. The summed E-state index contributed by atoms with van der Waals surface area (Å²) in [5, 5.41) is 0. The zero-order valence-corrected chi connectivity index (χ0v) is 11.5. The van der Waals surface area contributed by atoms with Crippen LogP contribution < -0.4 is 16.2 Å². The maximum atomic E-state index is 11.9. The fourth-order valence-electron chi connectivity index (χ4n) is 1.98. The number of carbonyl (C=O) groups excluding carboxylic acids is 2. The first kappa shape index (κ1) is 14.6. The standard InChI is InChI=1S/C14H15N3O4/c1-20-13(19)10-4-2-3-8-7-9(5-6-21-11(8)10)12(18)17-14(15)16/h2-4,7H,5-6H2,1H3,(H4,15,16,17,18). The molecule has 1 aliphatic rings. The molecule has 0 unspecified atom stereocenters. The maximum Gasteiger partial charge on any atom is 0.341 e. The summed E-state index contributed by atoms with van der Waals surface area (Å²) >= 11 is 0. The van der Waals surface area contributed by atoms with E-state index < -0.39 is 11.9 Å². The molecular formula is C14H15N3O4. The summed E-state index contributed by atoms with van der Waals surface area (Å²) in [7, 11) is 1.29. The largest absolute Gasteiger partial charge is 0.492 e. The number of guanidine groups is 1. The Hall–Kier alpha value is -2.83. The van der Waals surface area contributed by atoms with Crippen LogP contribution in [0.1, 0.15) is 22.3 Å². The third-order valence-electron chi connectivity index (χ3n) is 2.90. The van der Waals surface area contributed by atoms with Gasteiger partial charge in [-0.05, 0) is 12.1 Å². The Balaban J connectivity index is 2.45. The fraction of sp³-hybridized carbons (Fsp3) is 0.214. The van der Waals surface area contributed by atoms with Crippen LogP contribution in [-0.4, -0.2) is 31.6 Å². The minimum Gasteiger partial charge on any atom is -0.492 e. The highest BCUT2D eigenvalue weighted by Gasteiger charge is 2.20. The number of hydrogen-bond donors (Lipinski definition) is 2. The number of nitrogens with two attached hydrogens (primary N) is 2. The molecule has 0 aromatic heterocycles. The molecule has 1 heterocycles. The molecule has 21 heavy (non-hydrogen) atoms. The van der Waals surface area contributed by atoms with E-state index in [0.717, 1.165) is 0 Å². The molecule has 0 saturated carbocycles. The number of aliphatic imine (C=N–C) groups is 1. The first-order valence-corrected chi connectivity index (χ1v) is 6.21. The lowest BCUT2D eigenvalue weighted by Crippen LogP contribution is -2.24. The Morgan fingerprint density at radius 1 is 1.33 bits per heavy atom. The molecule has 1 aromatic carbocycles. The molecule has 0 atom stereocenters. The molecule has 0 bridgehead atoms. The number of carbonyl (C=O) groups is 2. The predicted octanol–water partition coefficient (Wildman–Crippen LogP) is 0.439. The zero-order valence-electron chi connectivity index (χ0n) is 11.5. The second-order valence-corrected chi connectivity index (χ2v) is 4.33. The Kier molecular flexibility index (Phi) is 4.22. The van der Waals surface area contributed by atoms with Crippen molar-refractivity contribution in [2.75, 3.05) is 13.7 Å². The van der Waals surface area contributed by atoms with Gasteiger partial charge in [-0.3, -0.25) is 4.79 Å². The van der Waals surface area contributed by atoms with E-state index in [9.17, 15) is 9.59 Å². The van der Waals surface area contributed by atoms with Gasteiger partial charge in [0.1, 0.15) is 11.3 Å². The van der Waals surface area contributed by atoms with E-state index in [4.69, 9.17) is 20.9 Å². The third-order valence-corrected chi connectivity index (χ3v) is 2.90. The number of nitrogens with zero attached hydrogens (tertiary/aromatic N) is 1. The summed E-state index contributed by atoms with van der Waals surface area (Å²) in [4.78, 5) is 27.1. The van der Waals surface area contributed by atoms with Crippen molar-refractivity contribution in [1.29, 1.82) is 0 Å². The van der Waals surface area contributed by atoms with Crippen LogP contribution in [-0.2, 0) is 9.53 Å². The molecule has 4 N–H and O–H groups in total. The van der Waals surface area contributed by atoms with E-state index in [1.54, 1.807) is 24.3 Å². The van der Waals surface area contributed by atoms with E-state index in [0.29, 0.717) is 28.9 Å². The van der Waals surface area contributed by atoms with E-state index >= 15 is 0 Å². The highest BCUT2D eigenvalue weighted by Crippen LogP contribution is 2.30. The average Bonchev–Trinajstić information content (AvgIpc) is 2.67. The van der Waals surface area contributed by atoms with Gasteiger partial charge in [0.15, 0.2) is 5.96 Å². The second-order valence-electron chi connectivity index (χ2n) is 4.33. The minimum atomic E-state index is -0.519. The van der Waals surface area contributed by atoms with Crippen molar-refractivity contribution in [2.24, 2.45) is 16.5 Å². The Morgan fingerprint density at radius 2 is 2.10 bits per heavy atom. The summed E-state index contributed by atoms with van der Waals surface area (Å²) in [5.74, 6) is -0.930. The molecule has 7 nitrogen and oxygen atoms in total. The molecule has 1 amide bonds. The maximum absolute atomic E-state index is 11.9. The van der Waals surface area contributed by atoms with Gasteiger partial charge in [-0.2, -0.15) is 4.99 Å². The van der Waals surface area contributed by atoms with Crippen LogP contribution in [0.25, 0.3) is 6.08 Å². The van der Waals surface area contributed by atoms with Crippen LogP contribution >= 0.6 is 0 Å². The van der Waals surface area contributed by atoms with Gasteiger partial charge in [0, 0.05) is 17.6 Å². The number of rotatable bonds is 2. The lowest BCUT2D eigenvalue weighted by Gasteiger charge is -2.10. The van der Waals surface area contributed by atoms with Crippen molar-refractivity contribution >= 4 is 23.9 Å². The van der Waals surface area contributed by atoms with Gasteiger partial charge in [-0.15, -0.1) is 0 Å². The molecule has 110 valence electrons. The van der Waals surface area contributed by atoms with Crippen LogP contribution in [0.2, 0.25) is 0 Å². The minimum absolute atomic E-state index is 0.235. The van der Waals surface area contributed by atoms with E-state index in [-0.39, 0.29) is 12.6 Å². The molecule has 0 fully saturated rings. The number of methoxy groups -OCH3 is 1. The highest BCUT2D eigenvalue weighted by atomic mass is 16.5. The summed E-state index contributed by atoms with van der Waals surface area (Å²) in [5.41, 5.74) is 11.7. The zero-order chi connectivity index (χ0) is 15.4. The van der Waals surface area contributed by atoms with Crippen molar-refractivity contribution in [1.82, 2.24) is 0 Å². The molecule has 7 heteroatoms. The Labute approximate surface area is 121 Å². The monoisotopic (exact) mass is 289 g/mol. The van der Waals surface area contributed by atoms with Gasteiger partial charge in [0.05, 0.1) is 13.7 Å². The van der Waals surface area contributed by atoms with Gasteiger partial charge in [0.25, 0.3) is 5.91 Å². The topological polar surface area (TPSA) is 117 Å². The van der Waals surface area contributed by atoms with Crippen LogP contribution in [0.15, 0.2) is 28.8 Å². The number of esters is 1.